The van der Waals surface area contributed by atoms with E-state index in [-0.39, 0.29) is 13.4 Å². The minimum atomic E-state index is -0.0638. The molecule has 7 heteroatoms. The molecule has 0 fully saturated rings. The summed E-state index contributed by atoms with van der Waals surface area (Å²) in [6, 6.07) is 75.3. The lowest BCUT2D eigenvalue weighted by Gasteiger charge is -2.51. The third kappa shape index (κ3) is 4.42. The van der Waals surface area contributed by atoms with Crippen LogP contribution in [0.4, 0.5) is 68.2 Å². The lowest BCUT2D eigenvalue weighted by atomic mass is 9.28. The molecule has 9 aromatic rings. The second kappa shape index (κ2) is 12.3. The number of hydrogen-bond acceptors (Lipinski definition) is 5. The van der Waals surface area contributed by atoms with Gasteiger partial charge in [-0.3, -0.25) is 0 Å². The molecule has 5 heterocycles. The molecule has 0 aliphatic carbocycles. The summed E-state index contributed by atoms with van der Waals surface area (Å²) in [6.07, 6.45) is 0. The van der Waals surface area contributed by atoms with Gasteiger partial charge in [-0.15, -0.1) is 0 Å². The first-order valence-electron chi connectivity index (χ1n) is 21.1. The van der Waals surface area contributed by atoms with Gasteiger partial charge < -0.3 is 24.3 Å². The van der Waals surface area contributed by atoms with Crippen molar-refractivity contribution in [2.75, 3.05) is 19.6 Å². The Bertz CT molecular complexity index is 3280. The number of ether oxygens (including phenoxy) is 1. The van der Waals surface area contributed by atoms with Crippen molar-refractivity contribution in [1.29, 1.82) is 0 Å². The van der Waals surface area contributed by atoms with Crippen LogP contribution in [0.5, 0.6) is 11.5 Å². The number of nitrogens with zero attached hydrogens (tertiary/aromatic N) is 4. The van der Waals surface area contributed by atoms with Crippen LogP contribution in [0.3, 0.4) is 0 Å². The molecule has 0 saturated heterocycles. The van der Waals surface area contributed by atoms with Gasteiger partial charge in [0.25, 0.3) is 13.4 Å². The van der Waals surface area contributed by atoms with E-state index in [1.807, 2.05) is 0 Å². The Labute approximate surface area is 355 Å². The van der Waals surface area contributed by atoms with E-state index in [1.165, 1.54) is 66.9 Å². The van der Waals surface area contributed by atoms with Gasteiger partial charge in [-0.2, -0.15) is 0 Å². The molecule has 0 atom stereocenters. The van der Waals surface area contributed by atoms with Gasteiger partial charge in [0.05, 0.1) is 11.4 Å². The number of anilines is 12. The van der Waals surface area contributed by atoms with Crippen molar-refractivity contribution in [3.8, 4) is 11.5 Å². The second-order valence-electron chi connectivity index (χ2n) is 16.4. The molecular formula is C54H34B2N4O. The highest BCUT2D eigenvalue weighted by atomic mass is 16.5. The normalized spacial score (nSPS) is 14.2. The Hall–Kier alpha value is -7.89. The molecule has 9 aromatic carbocycles. The summed E-state index contributed by atoms with van der Waals surface area (Å²) in [5, 5.41) is 0. The van der Waals surface area contributed by atoms with Gasteiger partial charge in [0, 0.05) is 62.9 Å². The predicted molar refractivity (Wildman–Crippen MR) is 255 cm³/mol. The molecule has 0 aromatic heterocycles. The van der Waals surface area contributed by atoms with Gasteiger partial charge >= 0.3 is 0 Å². The van der Waals surface area contributed by atoms with Gasteiger partial charge in [-0.1, -0.05) is 121 Å². The molecule has 5 nitrogen and oxygen atoms in total. The first-order chi connectivity index (χ1) is 30.3. The number of para-hydroxylation sites is 8. The summed E-state index contributed by atoms with van der Waals surface area (Å²) >= 11 is 0. The summed E-state index contributed by atoms with van der Waals surface area (Å²) < 4.78 is 6.94. The molecule has 0 N–H and O–H groups in total. The summed E-state index contributed by atoms with van der Waals surface area (Å²) in [7, 11) is 0. The molecular weight excluding hydrogens is 742 g/mol. The van der Waals surface area contributed by atoms with E-state index in [0.717, 1.165) is 45.6 Å². The van der Waals surface area contributed by atoms with Crippen LogP contribution in [0.15, 0.2) is 206 Å². The fraction of sp³-hybridized carbons (Fsp3) is 0. The fourth-order valence-electron chi connectivity index (χ4n) is 11.0. The molecule has 5 aliphatic heterocycles. The maximum absolute atomic E-state index is 6.94. The zero-order chi connectivity index (χ0) is 39.8. The molecule has 0 radical (unpaired) electrons. The maximum atomic E-state index is 6.94. The third-order valence-corrected chi connectivity index (χ3v) is 13.4. The van der Waals surface area contributed by atoms with E-state index in [9.17, 15) is 0 Å². The van der Waals surface area contributed by atoms with Crippen LogP contribution in [0.1, 0.15) is 0 Å². The van der Waals surface area contributed by atoms with Gasteiger partial charge in [-0.25, -0.2) is 0 Å². The van der Waals surface area contributed by atoms with E-state index >= 15 is 0 Å². The second-order valence-corrected chi connectivity index (χ2v) is 16.4. The SMILES string of the molecule is c1ccc(N2c3ccccc3Oc3cc4c(cc32)B2c3ccccc3N3c5ccccc5B5c6ccccc6N(c6ccccc6)c6cc(c2c3c65)N4c2ccccc2)cc1. The monoisotopic (exact) mass is 776 g/mol. The Morgan fingerprint density at radius 2 is 0.689 bits per heavy atom. The molecule has 14 rings (SSSR count). The van der Waals surface area contributed by atoms with Crippen molar-refractivity contribution in [3.05, 3.63) is 206 Å². The van der Waals surface area contributed by atoms with Crippen molar-refractivity contribution < 1.29 is 4.74 Å². The molecule has 0 unspecified atom stereocenters. The van der Waals surface area contributed by atoms with Gasteiger partial charge in [-0.05, 0) is 112 Å². The van der Waals surface area contributed by atoms with Gasteiger partial charge in [0.2, 0.25) is 0 Å². The molecule has 282 valence electrons. The highest BCUT2D eigenvalue weighted by molar-refractivity contribution is 7.04. The van der Waals surface area contributed by atoms with E-state index < -0.39 is 0 Å². The Morgan fingerprint density at radius 1 is 0.279 bits per heavy atom. The minimum absolute atomic E-state index is 0.0402. The highest BCUT2D eigenvalue weighted by Crippen LogP contribution is 2.54. The maximum Gasteiger partial charge on any atom is 0.252 e. The summed E-state index contributed by atoms with van der Waals surface area (Å²) in [4.78, 5) is 9.97. The fourth-order valence-corrected chi connectivity index (χ4v) is 11.0. The van der Waals surface area contributed by atoms with Crippen LogP contribution in [-0.4, -0.2) is 13.4 Å². The topological polar surface area (TPSA) is 22.2 Å². The quantitative estimate of drug-likeness (QED) is 0.166. The van der Waals surface area contributed by atoms with Crippen molar-refractivity contribution in [2.24, 2.45) is 0 Å². The number of benzene rings is 9. The average Bonchev–Trinajstić information content (AvgIpc) is 3.33. The standard InChI is InChI=1S/C54H34B2N4O/c1-4-18-35(19-5-1)57-42-27-13-10-24-38(42)55-39-25-11-14-28-43(39)60-44-29-15-12-26-40(44)56-41-32-47-51(61-50-31-17-16-30-45(50)58(47)36-20-6-2-7-21-36)34-46(41)59(37-22-8-3-9-23-37)49-33-48(57)52(55)54(60)53(49)56/h1-34H. The van der Waals surface area contributed by atoms with E-state index in [4.69, 9.17) is 4.74 Å². The van der Waals surface area contributed by atoms with Crippen LogP contribution in [0, 0.1) is 0 Å². The van der Waals surface area contributed by atoms with Crippen molar-refractivity contribution in [3.63, 3.8) is 0 Å². The summed E-state index contributed by atoms with van der Waals surface area (Å²) in [5.74, 6) is 1.66. The number of rotatable bonds is 3. The van der Waals surface area contributed by atoms with Crippen molar-refractivity contribution in [1.82, 2.24) is 0 Å². The van der Waals surface area contributed by atoms with Crippen LogP contribution in [0.2, 0.25) is 0 Å². The van der Waals surface area contributed by atoms with Crippen LogP contribution in [0.25, 0.3) is 0 Å². The largest absolute Gasteiger partial charge is 0.453 e. The average molecular weight is 777 g/mol. The lowest BCUT2D eigenvalue weighted by Crippen LogP contribution is -2.68. The molecule has 0 spiro atoms. The van der Waals surface area contributed by atoms with E-state index in [1.54, 1.807) is 0 Å². The Morgan fingerprint density at radius 3 is 1.23 bits per heavy atom. The first-order valence-corrected chi connectivity index (χ1v) is 21.1. The predicted octanol–water partition coefficient (Wildman–Crippen LogP) is 9.96. The molecule has 5 aliphatic rings. The third-order valence-electron chi connectivity index (χ3n) is 13.4. The van der Waals surface area contributed by atoms with E-state index in [2.05, 4.69) is 226 Å². The Balaban J connectivity index is 1.13. The minimum Gasteiger partial charge on any atom is -0.453 e. The van der Waals surface area contributed by atoms with Crippen LogP contribution >= 0.6 is 0 Å². The smallest absolute Gasteiger partial charge is 0.252 e. The van der Waals surface area contributed by atoms with Gasteiger partial charge in [0.15, 0.2) is 11.5 Å². The number of hydrogen-bond donors (Lipinski definition) is 0. The summed E-state index contributed by atoms with van der Waals surface area (Å²) in [5.41, 5.74) is 21.6. The molecule has 0 bridgehead atoms. The summed E-state index contributed by atoms with van der Waals surface area (Å²) in [6.45, 7) is -0.0236. The van der Waals surface area contributed by atoms with Crippen molar-refractivity contribution >= 4 is 114 Å². The van der Waals surface area contributed by atoms with Crippen molar-refractivity contribution in [2.45, 2.75) is 0 Å². The van der Waals surface area contributed by atoms with Crippen LogP contribution in [-0.2, 0) is 0 Å². The highest BCUT2D eigenvalue weighted by Gasteiger charge is 2.52. The lowest BCUT2D eigenvalue weighted by molar-refractivity contribution is 0.477. The molecule has 0 amide bonds. The Kier molecular flexibility index (Phi) is 6.66. The van der Waals surface area contributed by atoms with E-state index in [0.29, 0.717) is 0 Å². The number of fused-ring (bicyclic) bond motifs is 12. The first kappa shape index (κ1) is 33.0. The van der Waals surface area contributed by atoms with Crippen LogP contribution < -0.4 is 57.1 Å². The molecule has 0 saturated carbocycles. The zero-order valence-corrected chi connectivity index (χ0v) is 33.0. The van der Waals surface area contributed by atoms with Gasteiger partial charge in [0.1, 0.15) is 0 Å². The zero-order valence-electron chi connectivity index (χ0n) is 33.0. The molecule has 61 heavy (non-hydrogen) atoms.